The standard InChI is InChI=1S/C9H5BrN2O2S/c10-8-2-1-7(15-8)6-3-5(9(13)14)4-11-12-6/h1-4H,(H,13,14). The summed E-state index contributed by atoms with van der Waals surface area (Å²) in [6, 6.07) is 5.26. The summed E-state index contributed by atoms with van der Waals surface area (Å²) in [4.78, 5) is 11.6. The fraction of sp³-hybridized carbons (Fsp3) is 0. The van der Waals surface area contributed by atoms with Gasteiger partial charge >= 0.3 is 5.97 Å². The highest BCUT2D eigenvalue weighted by molar-refractivity contribution is 9.11. The van der Waals surface area contributed by atoms with Gasteiger partial charge < -0.3 is 5.11 Å². The third-order valence-electron chi connectivity index (χ3n) is 1.73. The first-order valence-electron chi connectivity index (χ1n) is 3.98. The number of hydrogen-bond donors (Lipinski definition) is 1. The summed E-state index contributed by atoms with van der Waals surface area (Å²) >= 11 is 4.81. The van der Waals surface area contributed by atoms with Crippen LogP contribution in [0.2, 0.25) is 0 Å². The zero-order chi connectivity index (χ0) is 10.8. The Balaban J connectivity index is 2.45. The lowest BCUT2D eigenvalue weighted by molar-refractivity contribution is 0.0696. The van der Waals surface area contributed by atoms with E-state index >= 15 is 0 Å². The van der Waals surface area contributed by atoms with E-state index in [4.69, 9.17) is 5.11 Å². The van der Waals surface area contributed by atoms with E-state index in [9.17, 15) is 4.79 Å². The van der Waals surface area contributed by atoms with Gasteiger partial charge in [-0.05, 0) is 34.1 Å². The van der Waals surface area contributed by atoms with E-state index in [-0.39, 0.29) is 5.56 Å². The predicted octanol–water partition coefficient (Wildman–Crippen LogP) is 2.67. The highest BCUT2D eigenvalue weighted by atomic mass is 79.9. The Hall–Kier alpha value is -1.27. The highest BCUT2D eigenvalue weighted by Gasteiger charge is 2.08. The topological polar surface area (TPSA) is 63.1 Å². The second-order valence-electron chi connectivity index (χ2n) is 2.74. The lowest BCUT2D eigenvalue weighted by Gasteiger charge is -1.96. The number of thiophene rings is 1. The summed E-state index contributed by atoms with van der Waals surface area (Å²) in [5.74, 6) is -0.998. The Morgan fingerprint density at radius 3 is 2.87 bits per heavy atom. The molecule has 0 atom stereocenters. The number of aromatic nitrogens is 2. The third-order valence-corrected chi connectivity index (χ3v) is 3.37. The third kappa shape index (κ3) is 2.21. The summed E-state index contributed by atoms with van der Waals surface area (Å²) in [5, 5.41) is 16.3. The number of carboxylic acids is 1. The molecule has 1 N–H and O–H groups in total. The van der Waals surface area contributed by atoms with E-state index < -0.39 is 5.97 Å². The quantitative estimate of drug-likeness (QED) is 0.921. The number of nitrogens with zero attached hydrogens (tertiary/aromatic N) is 2. The van der Waals surface area contributed by atoms with E-state index in [1.54, 1.807) is 0 Å². The van der Waals surface area contributed by atoms with Crippen molar-refractivity contribution in [3.05, 3.63) is 33.7 Å². The van der Waals surface area contributed by atoms with Crippen LogP contribution in [0.5, 0.6) is 0 Å². The molecule has 2 aromatic rings. The van der Waals surface area contributed by atoms with Gasteiger partial charge in [-0.15, -0.1) is 16.4 Å². The SMILES string of the molecule is O=C(O)c1cnnc(-c2ccc(Br)s2)c1. The number of rotatable bonds is 2. The van der Waals surface area contributed by atoms with Crippen molar-refractivity contribution >= 4 is 33.2 Å². The molecule has 0 amide bonds. The molecule has 4 nitrogen and oxygen atoms in total. The van der Waals surface area contributed by atoms with Crippen LogP contribution in [-0.4, -0.2) is 21.3 Å². The minimum atomic E-state index is -0.998. The molecule has 0 unspecified atom stereocenters. The van der Waals surface area contributed by atoms with Crippen molar-refractivity contribution in [1.29, 1.82) is 0 Å². The summed E-state index contributed by atoms with van der Waals surface area (Å²) in [7, 11) is 0. The normalized spacial score (nSPS) is 10.2. The van der Waals surface area contributed by atoms with Gasteiger partial charge in [0.05, 0.1) is 20.4 Å². The second-order valence-corrected chi connectivity index (χ2v) is 5.20. The first kappa shape index (κ1) is 10.3. The zero-order valence-corrected chi connectivity index (χ0v) is 9.75. The maximum Gasteiger partial charge on any atom is 0.337 e. The number of aromatic carboxylic acids is 1. The van der Waals surface area contributed by atoms with Crippen molar-refractivity contribution in [2.75, 3.05) is 0 Å². The van der Waals surface area contributed by atoms with E-state index in [1.165, 1.54) is 23.6 Å². The Morgan fingerprint density at radius 2 is 2.27 bits per heavy atom. The molecule has 2 heterocycles. The number of halogens is 1. The van der Waals surface area contributed by atoms with Crippen LogP contribution in [0.15, 0.2) is 28.2 Å². The van der Waals surface area contributed by atoms with Gasteiger partial charge in [-0.25, -0.2) is 4.79 Å². The molecule has 76 valence electrons. The molecule has 2 aromatic heterocycles. The molecule has 0 aromatic carbocycles. The van der Waals surface area contributed by atoms with Crippen molar-refractivity contribution in [3.8, 4) is 10.6 Å². The number of carboxylic acid groups (broad SMARTS) is 1. The summed E-state index contributed by atoms with van der Waals surface area (Å²) in [5.41, 5.74) is 0.718. The molecule has 0 saturated heterocycles. The molecule has 0 spiro atoms. The van der Waals surface area contributed by atoms with Crippen LogP contribution in [0, 0.1) is 0 Å². The largest absolute Gasteiger partial charge is 0.478 e. The lowest BCUT2D eigenvalue weighted by Crippen LogP contribution is -1.98. The van der Waals surface area contributed by atoms with Crippen LogP contribution in [0.25, 0.3) is 10.6 Å². The van der Waals surface area contributed by atoms with Gasteiger partial charge in [0.15, 0.2) is 0 Å². The molecule has 0 aliphatic carbocycles. The van der Waals surface area contributed by atoms with Gasteiger partial charge in [0.1, 0.15) is 5.69 Å². The molecular formula is C9H5BrN2O2S. The molecule has 6 heteroatoms. The van der Waals surface area contributed by atoms with Gasteiger partial charge in [-0.3, -0.25) is 0 Å². The van der Waals surface area contributed by atoms with E-state index in [0.717, 1.165) is 8.66 Å². The number of carbonyl (C=O) groups is 1. The Labute approximate surface area is 97.7 Å². The first-order chi connectivity index (χ1) is 7.16. The summed E-state index contributed by atoms with van der Waals surface area (Å²) in [6.45, 7) is 0. The fourth-order valence-corrected chi connectivity index (χ4v) is 2.40. The van der Waals surface area contributed by atoms with Gasteiger partial charge in [-0.2, -0.15) is 5.10 Å². The maximum atomic E-state index is 10.7. The summed E-state index contributed by atoms with van der Waals surface area (Å²) < 4.78 is 0.972. The molecule has 0 aliphatic rings. The average Bonchev–Trinajstić information content (AvgIpc) is 2.65. The van der Waals surface area contributed by atoms with Crippen LogP contribution in [0.4, 0.5) is 0 Å². The van der Waals surface area contributed by atoms with Crippen molar-refractivity contribution < 1.29 is 9.90 Å². The molecule has 15 heavy (non-hydrogen) atoms. The predicted molar refractivity (Wildman–Crippen MR) is 60.0 cm³/mol. The Morgan fingerprint density at radius 1 is 1.47 bits per heavy atom. The minimum absolute atomic E-state index is 0.143. The molecule has 0 bridgehead atoms. The molecule has 0 radical (unpaired) electrons. The molecular weight excluding hydrogens is 280 g/mol. The van der Waals surface area contributed by atoms with Crippen molar-refractivity contribution in [2.24, 2.45) is 0 Å². The van der Waals surface area contributed by atoms with Crippen LogP contribution >= 0.6 is 27.3 Å². The van der Waals surface area contributed by atoms with Crippen molar-refractivity contribution in [2.45, 2.75) is 0 Å². The van der Waals surface area contributed by atoms with Gasteiger partial charge in [0, 0.05) is 0 Å². The Bertz CT molecular complexity index is 512. The van der Waals surface area contributed by atoms with E-state index in [2.05, 4.69) is 26.1 Å². The monoisotopic (exact) mass is 284 g/mol. The maximum absolute atomic E-state index is 10.7. The first-order valence-corrected chi connectivity index (χ1v) is 5.59. The van der Waals surface area contributed by atoms with Gasteiger partial charge in [-0.1, -0.05) is 0 Å². The van der Waals surface area contributed by atoms with Crippen molar-refractivity contribution in [3.63, 3.8) is 0 Å². The second kappa shape index (κ2) is 4.08. The highest BCUT2D eigenvalue weighted by Crippen LogP contribution is 2.29. The van der Waals surface area contributed by atoms with Gasteiger partial charge in [0.2, 0.25) is 0 Å². The number of hydrogen-bond acceptors (Lipinski definition) is 4. The summed E-state index contributed by atoms with van der Waals surface area (Å²) in [6.07, 6.45) is 1.23. The molecule has 0 saturated carbocycles. The zero-order valence-electron chi connectivity index (χ0n) is 7.35. The lowest BCUT2D eigenvalue weighted by atomic mass is 10.2. The average molecular weight is 285 g/mol. The molecule has 2 rings (SSSR count). The smallest absolute Gasteiger partial charge is 0.337 e. The van der Waals surface area contributed by atoms with Gasteiger partial charge in [0.25, 0.3) is 0 Å². The molecule has 0 fully saturated rings. The van der Waals surface area contributed by atoms with Crippen LogP contribution < -0.4 is 0 Å². The van der Waals surface area contributed by atoms with E-state index in [1.807, 2.05) is 12.1 Å². The Kier molecular flexibility index (Phi) is 2.79. The van der Waals surface area contributed by atoms with Crippen LogP contribution in [0.3, 0.4) is 0 Å². The van der Waals surface area contributed by atoms with E-state index in [0.29, 0.717) is 5.69 Å². The fourth-order valence-electron chi connectivity index (χ4n) is 1.06. The minimum Gasteiger partial charge on any atom is -0.478 e. The molecule has 0 aliphatic heterocycles. The van der Waals surface area contributed by atoms with Crippen LogP contribution in [-0.2, 0) is 0 Å². The van der Waals surface area contributed by atoms with Crippen molar-refractivity contribution in [1.82, 2.24) is 10.2 Å². The van der Waals surface area contributed by atoms with Crippen LogP contribution in [0.1, 0.15) is 10.4 Å².